The molecule has 0 heterocycles. The highest BCUT2D eigenvalue weighted by atomic mass is 16.5. The Morgan fingerprint density at radius 2 is 1.59 bits per heavy atom. The minimum Gasteiger partial charge on any atom is -0.480 e. The number of allylic oxidation sites excluding steroid dienone is 1. The number of benzene rings is 2. The number of amides is 2. The molecule has 3 N–H and O–H groups in total. The molecule has 3 rings (SSSR count). The van der Waals surface area contributed by atoms with E-state index in [9.17, 15) is 19.5 Å². The summed E-state index contributed by atoms with van der Waals surface area (Å²) >= 11 is 0. The van der Waals surface area contributed by atoms with Gasteiger partial charge in [0.15, 0.2) is 0 Å². The summed E-state index contributed by atoms with van der Waals surface area (Å²) in [5.74, 6) is -1.81. The van der Waals surface area contributed by atoms with Crippen molar-refractivity contribution in [1.29, 1.82) is 0 Å². The van der Waals surface area contributed by atoms with Crippen molar-refractivity contribution in [2.75, 3.05) is 6.61 Å². The maximum Gasteiger partial charge on any atom is 0.407 e. The third-order valence-corrected chi connectivity index (χ3v) is 6.01. The van der Waals surface area contributed by atoms with Gasteiger partial charge in [0.25, 0.3) is 0 Å². The van der Waals surface area contributed by atoms with Crippen molar-refractivity contribution in [3.8, 4) is 11.1 Å². The minimum atomic E-state index is -1.14. The molecule has 0 fully saturated rings. The largest absolute Gasteiger partial charge is 0.480 e. The molecule has 0 bridgehead atoms. The highest BCUT2D eigenvalue weighted by Crippen LogP contribution is 2.44. The second-order valence-corrected chi connectivity index (χ2v) is 9.53. The zero-order chi connectivity index (χ0) is 24.9. The van der Waals surface area contributed by atoms with Crippen LogP contribution in [-0.2, 0) is 14.3 Å². The number of hydrogen-bond donors (Lipinski definition) is 3. The molecular formula is C27H32N2O5. The summed E-state index contributed by atoms with van der Waals surface area (Å²) < 4.78 is 5.57. The Hall–Kier alpha value is -3.61. The van der Waals surface area contributed by atoms with E-state index in [2.05, 4.69) is 29.3 Å². The fourth-order valence-electron chi connectivity index (χ4n) is 4.23. The van der Waals surface area contributed by atoms with E-state index in [4.69, 9.17) is 4.74 Å². The molecule has 0 spiro atoms. The number of carbonyl (C=O) groups excluding carboxylic acids is 2. The summed E-state index contributed by atoms with van der Waals surface area (Å²) in [6, 6.07) is 14.0. The van der Waals surface area contributed by atoms with Gasteiger partial charge >= 0.3 is 12.1 Å². The van der Waals surface area contributed by atoms with Gasteiger partial charge in [-0.25, -0.2) is 9.59 Å². The van der Waals surface area contributed by atoms with E-state index in [1.165, 1.54) is 0 Å². The SMILES string of the molecule is C=CCCC(NC(=O)C(NC(=O)OCC1c2ccccc2-c2ccccc21)C(C)(C)C)C(=O)O. The maximum atomic E-state index is 12.9. The Balaban J connectivity index is 1.68. The van der Waals surface area contributed by atoms with Gasteiger partial charge in [-0.1, -0.05) is 75.4 Å². The minimum absolute atomic E-state index is 0.102. The molecular weight excluding hydrogens is 432 g/mol. The van der Waals surface area contributed by atoms with E-state index in [1.807, 2.05) is 36.4 Å². The molecule has 2 amide bonds. The summed E-state index contributed by atoms with van der Waals surface area (Å²) in [7, 11) is 0. The Labute approximate surface area is 200 Å². The average molecular weight is 465 g/mol. The Bertz CT molecular complexity index is 1030. The third kappa shape index (κ3) is 5.65. The van der Waals surface area contributed by atoms with E-state index in [0.29, 0.717) is 6.42 Å². The maximum absolute atomic E-state index is 12.9. The second kappa shape index (κ2) is 10.5. The van der Waals surface area contributed by atoms with Crippen LogP contribution in [0, 0.1) is 5.41 Å². The molecule has 1 aliphatic rings. The van der Waals surface area contributed by atoms with Crippen molar-refractivity contribution in [2.24, 2.45) is 5.41 Å². The third-order valence-electron chi connectivity index (χ3n) is 6.01. The van der Waals surface area contributed by atoms with Crippen LogP contribution in [0.4, 0.5) is 4.79 Å². The quantitative estimate of drug-likeness (QED) is 0.475. The molecule has 0 saturated carbocycles. The molecule has 180 valence electrons. The fourth-order valence-corrected chi connectivity index (χ4v) is 4.23. The Morgan fingerprint density at radius 1 is 1.03 bits per heavy atom. The summed E-state index contributed by atoms with van der Waals surface area (Å²) in [4.78, 5) is 37.2. The Kier molecular flexibility index (Phi) is 7.76. The summed E-state index contributed by atoms with van der Waals surface area (Å²) in [6.45, 7) is 9.08. The lowest BCUT2D eigenvalue weighted by molar-refractivity contribution is -0.142. The van der Waals surface area contributed by atoms with E-state index >= 15 is 0 Å². The topological polar surface area (TPSA) is 105 Å². The van der Waals surface area contributed by atoms with Gasteiger partial charge in [0.05, 0.1) is 0 Å². The lowest BCUT2D eigenvalue weighted by Crippen LogP contribution is -2.56. The lowest BCUT2D eigenvalue weighted by Gasteiger charge is -2.31. The number of carboxylic acid groups (broad SMARTS) is 1. The number of hydrogen-bond acceptors (Lipinski definition) is 4. The van der Waals surface area contributed by atoms with Crippen LogP contribution < -0.4 is 10.6 Å². The zero-order valence-corrected chi connectivity index (χ0v) is 19.8. The van der Waals surface area contributed by atoms with Crippen LogP contribution >= 0.6 is 0 Å². The summed E-state index contributed by atoms with van der Waals surface area (Å²) in [5, 5.41) is 14.6. The molecule has 2 aromatic carbocycles. The molecule has 7 heteroatoms. The van der Waals surface area contributed by atoms with Crippen molar-refractivity contribution in [3.63, 3.8) is 0 Å². The first-order valence-electron chi connectivity index (χ1n) is 11.4. The van der Waals surface area contributed by atoms with Crippen LogP contribution in [0.3, 0.4) is 0 Å². The molecule has 0 aromatic heterocycles. The highest BCUT2D eigenvalue weighted by molar-refractivity contribution is 5.90. The van der Waals surface area contributed by atoms with Crippen molar-refractivity contribution >= 4 is 18.0 Å². The second-order valence-electron chi connectivity index (χ2n) is 9.53. The molecule has 2 atom stereocenters. The van der Waals surface area contributed by atoms with Gasteiger partial charge in [-0.05, 0) is 40.5 Å². The van der Waals surface area contributed by atoms with Crippen molar-refractivity contribution in [3.05, 3.63) is 72.3 Å². The van der Waals surface area contributed by atoms with Gasteiger partial charge in [-0.3, -0.25) is 4.79 Å². The lowest BCUT2D eigenvalue weighted by atomic mass is 9.86. The molecule has 0 aliphatic heterocycles. The van der Waals surface area contributed by atoms with Crippen molar-refractivity contribution in [1.82, 2.24) is 10.6 Å². The van der Waals surface area contributed by atoms with E-state index in [0.717, 1.165) is 22.3 Å². The van der Waals surface area contributed by atoms with Gasteiger partial charge in [-0.2, -0.15) is 0 Å². The number of carbonyl (C=O) groups is 3. The monoisotopic (exact) mass is 464 g/mol. The highest BCUT2D eigenvalue weighted by Gasteiger charge is 2.36. The number of carboxylic acids is 1. The van der Waals surface area contributed by atoms with Crippen LogP contribution in [0.15, 0.2) is 61.2 Å². The number of aliphatic carboxylic acids is 1. The number of nitrogens with one attached hydrogen (secondary N) is 2. The van der Waals surface area contributed by atoms with Gasteiger partial charge in [0.1, 0.15) is 18.7 Å². The normalized spacial score (nSPS) is 14.3. The predicted molar refractivity (Wildman–Crippen MR) is 130 cm³/mol. The van der Waals surface area contributed by atoms with Crippen molar-refractivity contribution in [2.45, 2.75) is 51.6 Å². The molecule has 2 aromatic rings. The first-order chi connectivity index (χ1) is 16.1. The average Bonchev–Trinajstić information content (AvgIpc) is 3.11. The van der Waals surface area contributed by atoms with Crippen LogP contribution in [-0.4, -0.2) is 41.8 Å². The van der Waals surface area contributed by atoms with Crippen LogP contribution in [0.1, 0.15) is 50.7 Å². The van der Waals surface area contributed by atoms with Gasteiger partial charge < -0.3 is 20.5 Å². The first kappa shape index (κ1) is 25.0. The Morgan fingerprint density at radius 3 is 2.09 bits per heavy atom. The molecule has 34 heavy (non-hydrogen) atoms. The fraction of sp³-hybridized carbons (Fsp3) is 0.370. The molecule has 2 unspecified atom stereocenters. The number of ether oxygens (including phenoxy) is 1. The van der Waals surface area contributed by atoms with Gasteiger partial charge in [-0.15, -0.1) is 6.58 Å². The van der Waals surface area contributed by atoms with Crippen LogP contribution in [0.2, 0.25) is 0 Å². The number of alkyl carbamates (subject to hydrolysis) is 1. The predicted octanol–water partition coefficient (Wildman–Crippen LogP) is 4.48. The van der Waals surface area contributed by atoms with Gasteiger partial charge in [0, 0.05) is 5.92 Å². The van der Waals surface area contributed by atoms with E-state index in [1.54, 1.807) is 26.8 Å². The standard InChI is InChI=1S/C27H32N2O5/c1-5-6-15-22(25(31)32)28-24(30)23(27(2,3)4)29-26(33)34-16-21-19-13-9-7-11-17(19)18-12-8-10-14-20(18)21/h5,7-14,21-23H,1,6,15-16H2,2-4H3,(H,28,30)(H,29,33)(H,31,32). The first-order valence-corrected chi connectivity index (χ1v) is 11.4. The zero-order valence-electron chi connectivity index (χ0n) is 19.8. The molecule has 1 aliphatic carbocycles. The molecule has 0 saturated heterocycles. The van der Waals surface area contributed by atoms with E-state index < -0.39 is 35.5 Å². The van der Waals surface area contributed by atoms with Crippen LogP contribution in [0.25, 0.3) is 11.1 Å². The number of rotatable bonds is 9. The van der Waals surface area contributed by atoms with Crippen molar-refractivity contribution < 1.29 is 24.2 Å². The smallest absolute Gasteiger partial charge is 0.407 e. The molecule has 7 nitrogen and oxygen atoms in total. The van der Waals surface area contributed by atoms with Crippen LogP contribution in [0.5, 0.6) is 0 Å². The van der Waals surface area contributed by atoms with E-state index in [-0.39, 0.29) is 18.9 Å². The number of fused-ring (bicyclic) bond motifs is 3. The van der Waals surface area contributed by atoms with Gasteiger partial charge in [0.2, 0.25) is 5.91 Å². The summed E-state index contributed by atoms with van der Waals surface area (Å²) in [5.41, 5.74) is 3.76. The summed E-state index contributed by atoms with van der Waals surface area (Å²) in [6.07, 6.45) is 1.52. The molecule has 0 radical (unpaired) electrons.